The lowest BCUT2D eigenvalue weighted by atomic mass is 9.80. The van der Waals surface area contributed by atoms with Crippen molar-refractivity contribution in [1.29, 1.82) is 0 Å². The van der Waals surface area contributed by atoms with E-state index in [-0.39, 0.29) is 5.91 Å². The second-order valence-corrected chi connectivity index (χ2v) is 7.52. The molecule has 2 N–H and O–H groups in total. The highest BCUT2D eigenvalue weighted by molar-refractivity contribution is 5.80. The van der Waals surface area contributed by atoms with Crippen molar-refractivity contribution in [2.24, 2.45) is 22.7 Å². The second kappa shape index (κ2) is 9.90. The summed E-state index contributed by atoms with van der Waals surface area (Å²) in [6.07, 6.45) is 8.28. The van der Waals surface area contributed by atoms with Crippen molar-refractivity contribution in [2.75, 3.05) is 33.2 Å². The zero-order valence-corrected chi connectivity index (χ0v) is 15.8. The van der Waals surface area contributed by atoms with Crippen LogP contribution in [0.5, 0.6) is 0 Å². The minimum absolute atomic E-state index is 0.167. The number of piperidine rings is 1. The van der Waals surface area contributed by atoms with Crippen molar-refractivity contribution in [2.45, 2.75) is 58.8 Å². The maximum absolute atomic E-state index is 11.5. The SMILES string of the molecule is CCNC(=NCC1CCCCC1C)N1CCC(CC(=O)NC)CC1. The van der Waals surface area contributed by atoms with Gasteiger partial charge in [-0.05, 0) is 43.9 Å². The van der Waals surface area contributed by atoms with Gasteiger partial charge in [-0.25, -0.2) is 0 Å². The maximum Gasteiger partial charge on any atom is 0.220 e. The van der Waals surface area contributed by atoms with Crippen molar-refractivity contribution in [3.05, 3.63) is 0 Å². The number of rotatable bonds is 5. The van der Waals surface area contributed by atoms with E-state index in [0.717, 1.165) is 56.8 Å². The molecule has 24 heavy (non-hydrogen) atoms. The number of guanidine groups is 1. The van der Waals surface area contributed by atoms with Gasteiger partial charge in [-0.1, -0.05) is 26.2 Å². The number of aliphatic imine (C=N–C) groups is 1. The average molecular weight is 337 g/mol. The Morgan fingerprint density at radius 1 is 1.17 bits per heavy atom. The third-order valence-corrected chi connectivity index (χ3v) is 5.77. The monoisotopic (exact) mass is 336 g/mol. The Morgan fingerprint density at radius 2 is 1.88 bits per heavy atom. The first-order valence-corrected chi connectivity index (χ1v) is 9.87. The molecule has 1 saturated heterocycles. The topological polar surface area (TPSA) is 56.7 Å². The molecule has 2 rings (SSSR count). The zero-order valence-electron chi connectivity index (χ0n) is 15.8. The van der Waals surface area contributed by atoms with Gasteiger partial charge < -0.3 is 15.5 Å². The van der Waals surface area contributed by atoms with Gasteiger partial charge in [0.2, 0.25) is 5.91 Å². The van der Waals surface area contributed by atoms with Gasteiger partial charge in [-0.3, -0.25) is 9.79 Å². The fourth-order valence-electron chi connectivity index (χ4n) is 4.01. The van der Waals surface area contributed by atoms with Crippen LogP contribution in [0, 0.1) is 17.8 Å². The van der Waals surface area contributed by atoms with Crippen LogP contribution in [0.4, 0.5) is 0 Å². The molecule has 2 aliphatic rings. The molecule has 5 nitrogen and oxygen atoms in total. The van der Waals surface area contributed by atoms with Gasteiger partial charge in [0.15, 0.2) is 5.96 Å². The lowest BCUT2D eigenvalue weighted by Crippen LogP contribution is -2.46. The molecule has 1 amide bonds. The first-order valence-electron chi connectivity index (χ1n) is 9.87. The van der Waals surface area contributed by atoms with Crippen molar-refractivity contribution >= 4 is 11.9 Å². The van der Waals surface area contributed by atoms with Crippen molar-refractivity contribution in [3.63, 3.8) is 0 Å². The summed E-state index contributed by atoms with van der Waals surface area (Å²) >= 11 is 0. The summed E-state index contributed by atoms with van der Waals surface area (Å²) < 4.78 is 0. The normalized spacial score (nSPS) is 26.3. The fourth-order valence-corrected chi connectivity index (χ4v) is 4.01. The number of hydrogen-bond donors (Lipinski definition) is 2. The standard InChI is InChI=1S/C19H36N4O/c1-4-21-19(22-14-17-8-6-5-7-15(17)2)23-11-9-16(10-12-23)13-18(24)20-3/h15-17H,4-14H2,1-3H3,(H,20,24)(H,21,22). The van der Waals surface area contributed by atoms with Crippen LogP contribution in [0.1, 0.15) is 58.8 Å². The van der Waals surface area contributed by atoms with Crippen LogP contribution in [0.2, 0.25) is 0 Å². The third kappa shape index (κ3) is 5.67. The predicted octanol–water partition coefficient (Wildman–Crippen LogP) is 2.63. The van der Waals surface area contributed by atoms with Crippen molar-refractivity contribution in [3.8, 4) is 0 Å². The molecule has 1 heterocycles. The van der Waals surface area contributed by atoms with Crippen LogP contribution in [0.15, 0.2) is 4.99 Å². The Bertz CT molecular complexity index is 416. The molecule has 5 heteroatoms. The zero-order chi connectivity index (χ0) is 17.4. The van der Waals surface area contributed by atoms with Crippen LogP contribution in [-0.2, 0) is 4.79 Å². The largest absolute Gasteiger partial charge is 0.359 e. The second-order valence-electron chi connectivity index (χ2n) is 7.52. The quantitative estimate of drug-likeness (QED) is 0.599. The van der Waals surface area contributed by atoms with Crippen LogP contribution in [0.3, 0.4) is 0 Å². The highest BCUT2D eigenvalue weighted by Gasteiger charge is 2.24. The first-order chi connectivity index (χ1) is 11.6. The molecule has 2 atom stereocenters. The van der Waals surface area contributed by atoms with E-state index in [1.165, 1.54) is 25.7 Å². The average Bonchev–Trinajstić information content (AvgIpc) is 2.60. The predicted molar refractivity (Wildman–Crippen MR) is 100 cm³/mol. The van der Waals surface area contributed by atoms with E-state index in [9.17, 15) is 4.79 Å². The number of hydrogen-bond acceptors (Lipinski definition) is 2. The number of likely N-dealkylation sites (tertiary alicyclic amines) is 1. The molecule has 0 spiro atoms. The molecule has 0 bridgehead atoms. The number of nitrogens with one attached hydrogen (secondary N) is 2. The summed E-state index contributed by atoms with van der Waals surface area (Å²) in [6.45, 7) is 8.41. The molecule has 1 aliphatic carbocycles. The van der Waals surface area contributed by atoms with Crippen LogP contribution in [-0.4, -0.2) is 50.0 Å². The summed E-state index contributed by atoms with van der Waals surface area (Å²) in [5.74, 6) is 3.32. The Labute approximate surface area is 147 Å². The summed E-state index contributed by atoms with van der Waals surface area (Å²) in [5.41, 5.74) is 0. The molecule has 2 unspecified atom stereocenters. The van der Waals surface area contributed by atoms with E-state index < -0.39 is 0 Å². The molecular formula is C19H36N4O. The summed E-state index contributed by atoms with van der Waals surface area (Å²) in [4.78, 5) is 18.9. The number of nitrogens with zero attached hydrogens (tertiary/aromatic N) is 2. The van der Waals surface area contributed by atoms with E-state index in [4.69, 9.17) is 4.99 Å². The van der Waals surface area contributed by atoms with Crippen LogP contribution < -0.4 is 10.6 Å². The highest BCUT2D eigenvalue weighted by Crippen LogP contribution is 2.29. The number of carbonyl (C=O) groups is 1. The Hall–Kier alpha value is -1.26. The van der Waals surface area contributed by atoms with Crippen LogP contribution in [0.25, 0.3) is 0 Å². The minimum Gasteiger partial charge on any atom is -0.359 e. The van der Waals surface area contributed by atoms with Gasteiger partial charge in [0.1, 0.15) is 0 Å². The summed E-state index contributed by atoms with van der Waals surface area (Å²) in [5, 5.41) is 6.21. The van der Waals surface area contributed by atoms with Crippen LogP contribution >= 0.6 is 0 Å². The molecule has 1 saturated carbocycles. The summed E-state index contributed by atoms with van der Waals surface area (Å²) in [7, 11) is 1.72. The minimum atomic E-state index is 0.167. The van der Waals surface area contributed by atoms with Gasteiger partial charge in [-0.15, -0.1) is 0 Å². The highest BCUT2D eigenvalue weighted by atomic mass is 16.1. The molecule has 0 aromatic carbocycles. The molecule has 0 aromatic heterocycles. The molecule has 0 aromatic rings. The molecule has 1 aliphatic heterocycles. The van der Waals surface area contributed by atoms with E-state index in [0.29, 0.717) is 12.3 Å². The fraction of sp³-hybridized carbons (Fsp3) is 0.895. The molecule has 138 valence electrons. The van der Waals surface area contributed by atoms with Gasteiger partial charge in [0, 0.05) is 39.6 Å². The third-order valence-electron chi connectivity index (χ3n) is 5.77. The number of carbonyl (C=O) groups excluding carboxylic acids is 1. The maximum atomic E-state index is 11.5. The Kier molecular flexibility index (Phi) is 7.86. The first kappa shape index (κ1) is 19.1. The smallest absolute Gasteiger partial charge is 0.220 e. The Balaban J connectivity index is 1.86. The number of amides is 1. The Morgan fingerprint density at radius 3 is 2.50 bits per heavy atom. The van der Waals surface area contributed by atoms with Gasteiger partial charge in [0.05, 0.1) is 0 Å². The lowest BCUT2D eigenvalue weighted by Gasteiger charge is -2.34. The van der Waals surface area contributed by atoms with Gasteiger partial charge in [-0.2, -0.15) is 0 Å². The molecule has 2 fully saturated rings. The molecule has 0 radical (unpaired) electrons. The van der Waals surface area contributed by atoms with Gasteiger partial charge in [0.25, 0.3) is 0 Å². The van der Waals surface area contributed by atoms with Crippen molar-refractivity contribution < 1.29 is 4.79 Å². The van der Waals surface area contributed by atoms with E-state index >= 15 is 0 Å². The van der Waals surface area contributed by atoms with E-state index in [2.05, 4.69) is 29.4 Å². The summed E-state index contributed by atoms with van der Waals surface area (Å²) in [6, 6.07) is 0. The van der Waals surface area contributed by atoms with E-state index in [1.807, 2.05) is 0 Å². The van der Waals surface area contributed by atoms with E-state index in [1.54, 1.807) is 7.05 Å². The van der Waals surface area contributed by atoms with Crippen molar-refractivity contribution in [1.82, 2.24) is 15.5 Å². The van der Waals surface area contributed by atoms with Gasteiger partial charge >= 0.3 is 0 Å². The molecular weight excluding hydrogens is 300 g/mol. The lowest BCUT2D eigenvalue weighted by molar-refractivity contribution is -0.121.